The molecule has 1 fully saturated rings. The summed E-state index contributed by atoms with van der Waals surface area (Å²) < 4.78 is 43.4. The number of hydrogen-bond donors (Lipinski definition) is 0. The van der Waals surface area contributed by atoms with E-state index in [0.717, 1.165) is 37.0 Å². The lowest BCUT2D eigenvalue weighted by atomic mass is 10.0. The normalized spacial score (nSPS) is 18.6. The van der Waals surface area contributed by atoms with Crippen molar-refractivity contribution in [2.75, 3.05) is 26.4 Å². The second-order valence-electron chi connectivity index (χ2n) is 6.87. The van der Waals surface area contributed by atoms with Crippen LogP contribution in [0.5, 0.6) is 17.2 Å². The molecule has 0 spiro atoms. The number of nitrogens with zero attached hydrogens (tertiary/aromatic N) is 1. The molecule has 1 atom stereocenters. The lowest BCUT2D eigenvalue weighted by Crippen LogP contribution is -2.34. The van der Waals surface area contributed by atoms with Gasteiger partial charge < -0.3 is 19.1 Å². The zero-order valence-corrected chi connectivity index (χ0v) is 15.3. The molecular weight excluding hydrogens is 368 g/mol. The van der Waals surface area contributed by atoms with E-state index in [0.29, 0.717) is 31.3 Å². The first-order valence-electron chi connectivity index (χ1n) is 9.39. The van der Waals surface area contributed by atoms with Crippen LogP contribution in [0.25, 0.3) is 0 Å². The van der Waals surface area contributed by atoms with Gasteiger partial charge in [-0.2, -0.15) is 0 Å². The number of carbonyl (C=O) groups excluding carboxylic acids is 1. The van der Waals surface area contributed by atoms with Gasteiger partial charge in [-0.3, -0.25) is 4.79 Å². The summed E-state index contributed by atoms with van der Waals surface area (Å²) in [6, 6.07) is 8.67. The summed E-state index contributed by atoms with van der Waals surface area (Å²) >= 11 is 0. The molecule has 0 saturated carbocycles. The fourth-order valence-corrected chi connectivity index (χ4v) is 3.61. The van der Waals surface area contributed by atoms with E-state index in [-0.39, 0.29) is 24.3 Å². The van der Waals surface area contributed by atoms with Crippen LogP contribution in [0, 0.1) is 11.6 Å². The van der Waals surface area contributed by atoms with Crippen LogP contribution in [0.3, 0.4) is 0 Å². The number of halogens is 2. The van der Waals surface area contributed by atoms with Crippen molar-refractivity contribution in [3.8, 4) is 17.2 Å². The van der Waals surface area contributed by atoms with Gasteiger partial charge in [0.2, 0.25) is 0 Å². The molecule has 0 radical (unpaired) electrons. The van der Waals surface area contributed by atoms with Crippen LogP contribution < -0.4 is 14.2 Å². The van der Waals surface area contributed by atoms with E-state index in [4.69, 9.17) is 14.2 Å². The van der Waals surface area contributed by atoms with Crippen molar-refractivity contribution in [3.63, 3.8) is 0 Å². The van der Waals surface area contributed by atoms with Crippen molar-refractivity contribution >= 4 is 5.91 Å². The van der Waals surface area contributed by atoms with Crippen molar-refractivity contribution in [1.82, 2.24) is 4.90 Å². The van der Waals surface area contributed by atoms with Crippen LogP contribution in [0.4, 0.5) is 8.78 Å². The third-order valence-electron chi connectivity index (χ3n) is 4.97. The molecule has 5 nitrogen and oxygen atoms in total. The number of carbonyl (C=O) groups is 1. The van der Waals surface area contributed by atoms with Crippen LogP contribution >= 0.6 is 0 Å². The number of fused-ring (bicyclic) bond motifs is 1. The molecule has 2 aromatic rings. The Morgan fingerprint density at radius 2 is 1.89 bits per heavy atom. The highest BCUT2D eigenvalue weighted by Gasteiger charge is 2.31. The van der Waals surface area contributed by atoms with E-state index in [1.54, 1.807) is 4.90 Å². The summed E-state index contributed by atoms with van der Waals surface area (Å²) in [5.41, 5.74) is 0.975. The topological polar surface area (TPSA) is 48.0 Å². The highest BCUT2D eigenvalue weighted by Crippen LogP contribution is 2.38. The maximum absolute atomic E-state index is 13.7. The highest BCUT2D eigenvalue weighted by molar-refractivity contribution is 5.78. The Hall–Kier alpha value is -2.83. The summed E-state index contributed by atoms with van der Waals surface area (Å²) in [7, 11) is 0. The monoisotopic (exact) mass is 389 g/mol. The molecule has 2 aliphatic rings. The average molecular weight is 389 g/mol. The first-order valence-corrected chi connectivity index (χ1v) is 9.39. The van der Waals surface area contributed by atoms with E-state index in [9.17, 15) is 13.6 Å². The fraction of sp³-hybridized carbons (Fsp3) is 0.381. The lowest BCUT2D eigenvalue weighted by molar-refractivity contribution is -0.134. The molecular formula is C21H21F2NO4. The van der Waals surface area contributed by atoms with Crippen molar-refractivity contribution in [2.24, 2.45) is 0 Å². The van der Waals surface area contributed by atoms with E-state index in [1.807, 2.05) is 18.2 Å². The first-order chi connectivity index (χ1) is 13.6. The Labute approximate surface area is 161 Å². The minimum Gasteiger partial charge on any atom is -0.490 e. The molecule has 1 amide bonds. The molecule has 2 aliphatic heterocycles. The van der Waals surface area contributed by atoms with Crippen LogP contribution in [0.2, 0.25) is 0 Å². The minimum absolute atomic E-state index is 0.0914. The summed E-state index contributed by atoms with van der Waals surface area (Å²) in [5.74, 6) is -0.482. The maximum Gasteiger partial charge on any atom is 0.261 e. The molecule has 1 saturated heterocycles. The maximum atomic E-state index is 13.7. The van der Waals surface area contributed by atoms with E-state index in [2.05, 4.69) is 0 Å². The van der Waals surface area contributed by atoms with Gasteiger partial charge in [0, 0.05) is 19.0 Å². The first kappa shape index (κ1) is 18.5. The Morgan fingerprint density at radius 3 is 2.71 bits per heavy atom. The Balaban J connectivity index is 1.45. The lowest BCUT2D eigenvalue weighted by Gasteiger charge is -2.25. The number of likely N-dealkylation sites (tertiary alicyclic amines) is 1. The largest absolute Gasteiger partial charge is 0.490 e. The highest BCUT2D eigenvalue weighted by atomic mass is 19.1. The third kappa shape index (κ3) is 3.88. The number of rotatable bonds is 4. The smallest absolute Gasteiger partial charge is 0.261 e. The average Bonchev–Trinajstić information content (AvgIpc) is 3.06. The van der Waals surface area contributed by atoms with Crippen molar-refractivity contribution in [2.45, 2.75) is 25.3 Å². The quantitative estimate of drug-likeness (QED) is 0.797. The van der Waals surface area contributed by atoms with Gasteiger partial charge in [-0.25, -0.2) is 8.78 Å². The Bertz CT molecular complexity index is 873. The van der Waals surface area contributed by atoms with Gasteiger partial charge in [-0.05, 0) is 42.7 Å². The van der Waals surface area contributed by atoms with Crippen molar-refractivity contribution < 1.29 is 27.8 Å². The number of benzene rings is 2. The number of hydrogen-bond acceptors (Lipinski definition) is 4. The predicted molar refractivity (Wildman–Crippen MR) is 97.6 cm³/mol. The van der Waals surface area contributed by atoms with Crippen molar-refractivity contribution in [3.05, 3.63) is 53.6 Å². The van der Waals surface area contributed by atoms with Gasteiger partial charge >= 0.3 is 0 Å². The van der Waals surface area contributed by atoms with E-state index < -0.39 is 11.6 Å². The van der Waals surface area contributed by atoms with E-state index >= 15 is 0 Å². The summed E-state index contributed by atoms with van der Waals surface area (Å²) in [6.07, 6.45) is 2.53. The van der Waals surface area contributed by atoms with Crippen LogP contribution in [-0.2, 0) is 4.79 Å². The second-order valence-corrected chi connectivity index (χ2v) is 6.87. The Kier molecular flexibility index (Phi) is 5.32. The van der Waals surface area contributed by atoms with Gasteiger partial charge in [-0.15, -0.1) is 0 Å². The molecule has 28 heavy (non-hydrogen) atoms. The number of ether oxygens (including phenoxy) is 3. The molecule has 0 bridgehead atoms. The van der Waals surface area contributed by atoms with Crippen LogP contribution in [0.1, 0.15) is 30.9 Å². The molecule has 1 unspecified atom stereocenters. The molecule has 148 valence electrons. The Morgan fingerprint density at radius 1 is 1.07 bits per heavy atom. The van der Waals surface area contributed by atoms with Gasteiger partial charge in [0.15, 0.2) is 29.7 Å². The predicted octanol–water partition coefficient (Wildman–Crippen LogP) is 3.87. The van der Waals surface area contributed by atoms with Crippen LogP contribution in [-0.4, -0.2) is 37.2 Å². The van der Waals surface area contributed by atoms with Gasteiger partial charge in [-0.1, -0.05) is 6.07 Å². The van der Waals surface area contributed by atoms with Gasteiger partial charge in [0.25, 0.3) is 5.91 Å². The second kappa shape index (κ2) is 8.04. The van der Waals surface area contributed by atoms with Gasteiger partial charge in [0.05, 0.1) is 19.3 Å². The molecule has 7 heteroatoms. The molecule has 2 aromatic carbocycles. The van der Waals surface area contributed by atoms with Crippen LogP contribution in [0.15, 0.2) is 36.4 Å². The zero-order chi connectivity index (χ0) is 19.5. The minimum atomic E-state index is -0.825. The molecule has 0 aliphatic carbocycles. The van der Waals surface area contributed by atoms with Gasteiger partial charge in [0.1, 0.15) is 5.82 Å². The molecule has 4 rings (SSSR count). The molecule has 0 aromatic heterocycles. The summed E-state index contributed by atoms with van der Waals surface area (Å²) in [6.45, 7) is 1.52. The standard InChI is InChI=1S/C21H21F2NO4/c22-15-5-7-18(16(23)12-15)28-13-21(25)24-8-1-3-17(24)14-4-6-19-20(11-14)27-10-2-9-26-19/h4-7,11-12,17H,1-3,8-10,13H2. The molecule has 2 heterocycles. The van der Waals surface area contributed by atoms with Crippen molar-refractivity contribution in [1.29, 1.82) is 0 Å². The third-order valence-corrected chi connectivity index (χ3v) is 4.97. The molecule has 0 N–H and O–H groups in total. The van der Waals surface area contributed by atoms with E-state index in [1.165, 1.54) is 6.07 Å². The summed E-state index contributed by atoms with van der Waals surface area (Å²) in [4.78, 5) is 14.4. The SMILES string of the molecule is O=C(COc1ccc(F)cc1F)N1CCCC1c1ccc2c(c1)OCCCO2. The fourth-order valence-electron chi connectivity index (χ4n) is 3.61. The summed E-state index contributed by atoms with van der Waals surface area (Å²) in [5, 5.41) is 0. The number of amides is 1. The zero-order valence-electron chi connectivity index (χ0n) is 15.3.